The van der Waals surface area contributed by atoms with E-state index < -0.39 is 0 Å². The normalized spacial score (nSPS) is 10.2. The van der Waals surface area contributed by atoms with E-state index in [0.29, 0.717) is 5.56 Å². The minimum atomic E-state index is -0.271. The summed E-state index contributed by atoms with van der Waals surface area (Å²) in [5, 5.41) is 2.61. The van der Waals surface area contributed by atoms with Gasteiger partial charge in [0.2, 0.25) is 0 Å². The highest BCUT2D eigenvalue weighted by Gasteiger charge is 2.06. The van der Waals surface area contributed by atoms with Crippen molar-refractivity contribution in [2.75, 3.05) is 5.73 Å². The summed E-state index contributed by atoms with van der Waals surface area (Å²) in [4.78, 5) is 17.7. The first-order chi connectivity index (χ1) is 6.29. The number of aromatic nitrogens is 2. The van der Waals surface area contributed by atoms with Gasteiger partial charge in [0, 0.05) is 23.3 Å². The molecule has 0 spiro atoms. The van der Waals surface area contributed by atoms with Crippen molar-refractivity contribution >= 4 is 17.0 Å². The van der Waals surface area contributed by atoms with Crippen LogP contribution in [0.15, 0.2) is 28.6 Å². The molecule has 0 fully saturated rings. The molecule has 0 aromatic carbocycles. The van der Waals surface area contributed by atoms with E-state index in [4.69, 9.17) is 5.73 Å². The van der Waals surface area contributed by atoms with Crippen molar-refractivity contribution in [2.45, 2.75) is 0 Å². The van der Waals surface area contributed by atoms with Crippen molar-refractivity contribution in [3.05, 3.63) is 34.2 Å². The van der Waals surface area contributed by atoms with Crippen LogP contribution in [0.3, 0.4) is 0 Å². The van der Waals surface area contributed by atoms with Crippen LogP contribution in [0.4, 0.5) is 5.69 Å². The highest BCUT2D eigenvalue weighted by Crippen LogP contribution is 2.23. The van der Waals surface area contributed by atoms with Gasteiger partial charge in [0.25, 0.3) is 5.56 Å². The topological polar surface area (TPSA) is 71.8 Å². The zero-order valence-corrected chi connectivity index (χ0v) is 7.47. The summed E-state index contributed by atoms with van der Waals surface area (Å²) in [6, 6.07) is 1.75. The Hall–Kier alpha value is -1.62. The summed E-state index contributed by atoms with van der Waals surface area (Å²) in [7, 11) is 0. The summed E-state index contributed by atoms with van der Waals surface area (Å²) in [6.07, 6.45) is 3.25. The fourth-order valence-electron chi connectivity index (χ4n) is 1.03. The van der Waals surface area contributed by atoms with E-state index in [1.165, 1.54) is 11.3 Å². The fraction of sp³-hybridized carbons (Fsp3) is 0. The Morgan fingerprint density at radius 2 is 2.38 bits per heavy atom. The van der Waals surface area contributed by atoms with Gasteiger partial charge in [-0.1, -0.05) is 0 Å². The summed E-state index contributed by atoms with van der Waals surface area (Å²) in [5.74, 6) is 0. The first kappa shape index (κ1) is 8.00. The SMILES string of the molecule is Nc1c(-c2nccs2)cc[nH]c1=O. The van der Waals surface area contributed by atoms with Gasteiger partial charge in [-0.15, -0.1) is 11.3 Å². The fourth-order valence-corrected chi connectivity index (χ4v) is 1.71. The molecule has 0 amide bonds. The molecule has 2 rings (SSSR count). The van der Waals surface area contributed by atoms with Gasteiger partial charge < -0.3 is 10.7 Å². The molecule has 3 N–H and O–H groups in total. The molecule has 0 aliphatic rings. The number of aromatic amines is 1. The molecule has 5 heteroatoms. The van der Waals surface area contributed by atoms with E-state index in [1.807, 2.05) is 5.38 Å². The number of nitrogens with one attached hydrogen (secondary N) is 1. The van der Waals surface area contributed by atoms with Gasteiger partial charge in [0.1, 0.15) is 10.7 Å². The lowest BCUT2D eigenvalue weighted by atomic mass is 10.2. The van der Waals surface area contributed by atoms with E-state index in [9.17, 15) is 4.79 Å². The van der Waals surface area contributed by atoms with Crippen molar-refractivity contribution in [2.24, 2.45) is 0 Å². The van der Waals surface area contributed by atoms with E-state index in [-0.39, 0.29) is 11.2 Å². The van der Waals surface area contributed by atoms with Crippen LogP contribution in [0.5, 0.6) is 0 Å². The van der Waals surface area contributed by atoms with Gasteiger partial charge in [-0.25, -0.2) is 4.98 Å². The van der Waals surface area contributed by atoms with Crippen LogP contribution in [-0.2, 0) is 0 Å². The summed E-state index contributed by atoms with van der Waals surface area (Å²) >= 11 is 1.45. The number of thiazole rings is 1. The van der Waals surface area contributed by atoms with Crippen LogP contribution >= 0.6 is 11.3 Å². The minimum Gasteiger partial charge on any atom is -0.394 e. The zero-order chi connectivity index (χ0) is 9.26. The van der Waals surface area contributed by atoms with Gasteiger partial charge in [-0.05, 0) is 6.07 Å². The second-order valence-corrected chi connectivity index (χ2v) is 3.37. The maximum absolute atomic E-state index is 11.1. The minimum absolute atomic E-state index is 0.220. The summed E-state index contributed by atoms with van der Waals surface area (Å²) < 4.78 is 0. The van der Waals surface area contributed by atoms with E-state index in [2.05, 4.69) is 9.97 Å². The molecule has 0 atom stereocenters. The lowest BCUT2D eigenvalue weighted by Crippen LogP contribution is -2.11. The molecule has 13 heavy (non-hydrogen) atoms. The molecule has 2 aromatic heterocycles. The van der Waals surface area contributed by atoms with Crippen LogP contribution < -0.4 is 11.3 Å². The second kappa shape index (κ2) is 3.02. The third kappa shape index (κ3) is 1.33. The molecule has 2 heterocycles. The largest absolute Gasteiger partial charge is 0.394 e. The molecular weight excluding hydrogens is 186 g/mol. The molecule has 66 valence electrons. The number of hydrogen-bond acceptors (Lipinski definition) is 4. The molecule has 0 aliphatic carbocycles. The number of nitrogens with zero attached hydrogens (tertiary/aromatic N) is 1. The zero-order valence-electron chi connectivity index (χ0n) is 6.65. The van der Waals surface area contributed by atoms with Crippen molar-refractivity contribution < 1.29 is 0 Å². The quantitative estimate of drug-likeness (QED) is 0.711. The molecule has 0 saturated heterocycles. The molecule has 0 bridgehead atoms. The number of nitrogen functional groups attached to an aromatic ring is 1. The van der Waals surface area contributed by atoms with Crippen LogP contribution in [0.2, 0.25) is 0 Å². The number of nitrogens with two attached hydrogens (primary N) is 1. The average Bonchev–Trinajstić information content (AvgIpc) is 2.62. The maximum Gasteiger partial charge on any atom is 0.271 e. The van der Waals surface area contributed by atoms with Crippen LogP contribution in [0, 0.1) is 0 Å². The first-order valence-corrected chi connectivity index (χ1v) is 4.54. The standard InChI is InChI=1S/C8H7N3OS/c9-6-5(1-2-10-7(6)12)8-11-3-4-13-8/h1-4H,9H2,(H,10,12). The smallest absolute Gasteiger partial charge is 0.271 e. The summed E-state index contributed by atoms with van der Waals surface area (Å²) in [5.41, 5.74) is 6.24. The number of anilines is 1. The average molecular weight is 193 g/mol. The molecule has 0 radical (unpaired) electrons. The third-order valence-electron chi connectivity index (χ3n) is 1.66. The lowest BCUT2D eigenvalue weighted by molar-refractivity contribution is 1.24. The van der Waals surface area contributed by atoms with Gasteiger partial charge in [-0.2, -0.15) is 0 Å². The Kier molecular flexibility index (Phi) is 1.86. The molecular formula is C8H7N3OS. The molecule has 0 unspecified atom stereocenters. The van der Waals surface area contributed by atoms with E-state index in [1.54, 1.807) is 18.5 Å². The summed E-state index contributed by atoms with van der Waals surface area (Å²) in [6.45, 7) is 0. The highest BCUT2D eigenvalue weighted by molar-refractivity contribution is 7.13. The Balaban J connectivity index is 2.66. The van der Waals surface area contributed by atoms with Crippen molar-refractivity contribution in [3.8, 4) is 10.6 Å². The van der Waals surface area contributed by atoms with Gasteiger partial charge >= 0.3 is 0 Å². The molecule has 4 nitrogen and oxygen atoms in total. The van der Waals surface area contributed by atoms with Gasteiger partial charge in [0.15, 0.2) is 0 Å². The van der Waals surface area contributed by atoms with Gasteiger partial charge in [0.05, 0.1) is 0 Å². The third-order valence-corrected chi connectivity index (χ3v) is 2.47. The molecule has 0 saturated carbocycles. The lowest BCUT2D eigenvalue weighted by Gasteiger charge is -1.98. The Morgan fingerprint density at radius 1 is 1.54 bits per heavy atom. The Morgan fingerprint density at radius 3 is 3.08 bits per heavy atom. The number of pyridine rings is 1. The van der Waals surface area contributed by atoms with E-state index >= 15 is 0 Å². The highest BCUT2D eigenvalue weighted by atomic mass is 32.1. The number of H-pyrrole nitrogens is 1. The van der Waals surface area contributed by atoms with Crippen LogP contribution in [0.25, 0.3) is 10.6 Å². The maximum atomic E-state index is 11.1. The number of rotatable bonds is 1. The predicted molar refractivity (Wildman–Crippen MR) is 52.6 cm³/mol. The molecule has 0 aliphatic heterocycles. The number of hydrogen-bond donors (Lipinski definition) is 2. The Bertz CT molecular complexity index is 460. The van der Waals surface area contributed by atoms with E-state index in [0.717, 1.165) is 5.01 Å². The predicted octanol–water partition coefficient (Wildman–Crippen LogP) is 1.08. The van der Waals surface area contributed by atoms with Crippen molar-refractivity contribution in [1.29, 1.82) is 0 Å². The van der Waals surface area contributed by atoms with Crippen LogP contribution in [0.1, 0.15) is 0 Å². The van der Waals surface area contributed by atoms with Crippen molar-refractivity contribution in [1.82, 2.24) is 9.97 Å². The molecule has 2 aromatic rings. The van der Waals surface area contributed by atoms with Crippen LogP contribution in [-0.4, -0.2) is 9.97 Å². The second-order valence-electron chi connectivity index (χ2n) is 2.47. The Labute approximate surface area is 78.1 Å². The van der Waals surface area contributed by atoms with Gasteiger partial charge in [-0.3, -0.25) is 4.79 Å². The first-order valence-electron chi connectivity index (χ1n) is 3.66. The van der Waals surface area contributed by atoms with Crippen molar-refractivity contribution in [3.63, 3.8) is 0 Å². The monoisotopic (exact) mass is 193 g/mol.